The largest absolute Gasteiger partial charge is 0.339 e. The SMILES string of the molecule is CC.CC1=CCN(C(=O)CCC(C)C)CC1. The Morgan fingerprint density at radius 2 is 2.06 bits per heavy atom. The van der Waals surface area contributed by atoms with E-state index in [9.17, 15) is 4.79 Å². The molecule has 0 radical (unpaired) electrons. The van der Waals surface area contributed by atoms with Crippen molar-refractivity contribution in [1.82, 2.24) is 4.90 Å². The summed E-state index contributed by atoms with van der Waals surface area (Å²) < 4.78 is 0. The van der Waals surface area contributed by atoms with Crippen LogP contribution in [0.25, 0.3) is 0 Å². The maximum Gasteiger partial charge on any atom is 0.222 e. The van der Waals surface area contributed by atoms with Crippen LogP contribution >= 0.6 is 0 Å². The van der Waals surface area contributed by atoms with Gasteiger partial charge in [-0.3, -0.25) is 4.79 Å². The average Bonchev–Trinajstić information content (AvgIpc) is 2.29. The molecule has 2 heteroatoms. The molecule has 0 aliphatic carbocycles. The smallest absolute Gasteiger partial charge is 0.222 e. The molecule has 2 nitrogen and oxygen atoms in total. The van der Waals surface area contributed by atoms with Gasteiger partial charge in [-0.25, -0.2) is 0 Å². The first-order valence-corrected chi connectivity index (χ1v) is 6.53. The highest BCUT2D eigenvalue weighted by molar-refractivity contribution is 5.76. The first-order chi connectivity index (χ1) is 7.59. The minimum atomic E-state index is 0.322. The van der Waals surface area contributed by atoms with E-state index in [1.807, 2.05) is 18.7 Å². The molecule has 0 aromatic carbocycles. The van der Waals surface area contributed by atoms with Crippen LogP contribution in [-0.4, -0.2) is 23.9 Å². The summed E-state index contributed by atoms with van der Waals surface area (Å²) in [5.41, 5.74) is 1.41. The fraction of sp³-hybridized carbons (Fsp3) is 0.786. The molecule has 0 aromatic heterocycles. The van der Waals surface area contributed by atoms with Gasteiger partial charge in [0.1, 0.15) is 0 Å². The van der Waals surface area contributed by atoms with Crippen LogP contribution in [-0.2, 0) is 4.79 Å². The van der Waals surface area contributed by atoms with Crippen molar-refractivity contribution in [1.29, 1.82) is 0 Å². The predicted molar refractivity (Wildman–Crippen MR) is 70.4 cm³/mol. The molecule has 0 saturated carbocycles. The van der Waals surface area contributed by atoms with E-state index in [0.717, 1.165) is 25.9 Å². The van der Waals surface area contributed by atoms with E-state index in [4.69, 9.17) is 0 Å². The number of amides is 1. The van der Waals surface area contributed by atoms with Gasteiger partial charge < -0.3 is 4.90 Å². The number of carbonyl (C=O) groups excluding carboxylic acids is 1. The molecule has 1 aliphatic rings. The second-order valence-corrected chi connectivity index (χ2v) is 4.57. The fourth-order valence-corrected chi connectivity index (χ4v) is 1.57. The standard InChI is InChI=1S/C12H21NO.C2H6/c1-10(2)4-5-12(14)13-8-6-11(3)7-9-13;1-2/h6,10H,4-5,7-9H2,1-3H3;1-2H3. The quantitative estimate of drug-likeness (QED) is 0.672. The normalized spacial score (nSPS) is 15.4. The Kier molecular flexibility index (Phi) is 7.96. The van der Waals surface area contributed by atoms with Gasteiger partial charge in [0.25, 0.3) is 0 Å². The number of hydrogen-bond acceptors (Lipinski definition) is 1. The Labute approximate surface area is 101 Å². The summed E-state index contributed by atoms with van der Waals surface area (Å²) >= 11 is 0. The molecule has 16 heavy (non-hydrogen) atoms. The first-order valence-electron chi connectivity index (χ1n) is 6.53. The molecule has 0 fully saturated rings. The molecule has 0 aromatic rings. The molecule has 0 unspecified atom stereocenters. The van der Waals surface area contributed by atoms with Crippen molar-refractivity contribution in [2.24, 2.45) is 5.92 Å². The Morgan fingerprint density at radius 3 is 2.50 bits per heavy atom. The van der Waals surface area contributed by atoms with E-state index in [1.165, 1.54) is 5.57 Å². The Balaban J connectivity index is 0.00000106. The maximum atomic E-state index is 11.7. The van der Waals surface area contributed by atoms with Gasteiger partial charge in [0.15, 0.2) is 0 Å². The van der Waals surface area contributed by atoms with Crippen molar-refractivity contribution >= 4 is 5.91 Å². The molecular formula is C14H27NO. The molecule has 0 atom stereocenters. The van der Waals surface area contributed by atoms with Crippen molar-refractivity contribution in [3.63, 3.8) is 0 Å². The van der Waals surface area contributed by atoms with Crippen LogP contribution in [0.1, 0.15) is 53.9 Å². The highest BCUT2D eigenvalue weighted by Crippen LogP contribution is 2.12. The molecule has 94 valence electrons. The molecule has 1 rings (SSSR count). The third kappa shape index (κ3) is 5.94. The summed E-state index contributed by atoms with van der Waals surface area (Å²) in [6, 6.07) is 0. The lowest BCUT2D eigenvalue weighted by Crippen LogP contribution is -2.34. The molecule has 0 spiro atoms. The van der Waals surface area contributed by atoms with Crippen molar-refractivity contribution < 1.29 is 4.79 Å². The van der Waals surface area contributed by atoms with Crippen LogP contribution in [0.3, 0.4) is 0 Å². The van der Waals surface area contributed by atoms with Gasteiger partial charge in [0, 0.05) is 19.5 Å². The Bertz CT molecular complexity index is 231. The molecule has 1 heterocycles. The zero-order valence-electron chi connectivity index (χ0n) is 11.5. The van der Waals surface area contributed by atoms with Gasteiger partial charge in [-0.15, -0.1) is 0 Å². The fourth-order valence-electron chi connectivity index (χ4n) is 1.57. The summed E-state index contributed by atoms with van der Waals surface area (Å²) in [6.07, 6.45) is 4.94. The Morgan fingerprint density at radius 1 is 1.44 bits per heavy atom. The Hall–Kier alpha value is -0.790. The van der Waals surface area contributed by atoms with Crippen molar-refractivity contribution in [2.45, 2.75) is 53.9 Å². The second-order valence-electron chi connectivity index (χ2n) is 4.57. The maximum absolute atomic E-state index is 11.7. The number of nitrogens with zero attached hydrogens (tertiary/aromatic N) is 1. The first kappa shape index (κ1) is 15.2. The highest BCUT2D eigenvalue weighted by atomic mass is 16.2. The number of hydrogen-bond donors (Lipinski definition) is 0. The van der Waals surface area contributed by atoms with Gasteiger partial charge in [-0.2, -0.15) is 0 Å². The van der Waals surface area contributed by atoms with Crippen LogP contribution < -0.4 is 0 Å². The summed E-state index contributed by atoms with van der Waals surface area (Å²) in [4.78, 5) is 13.7. The zero-order chi connectivity index (χ0) is 12.6. The van der Waals surface area contributed by atoms with Crippen molar-refractivity contribution in [3.05, 3.63) is 11.6 Å². The number of rotatable bonds is 3. The molecule has 0 saturated heterocycles. The van der Waals surface area contributed by atoms with E-state index < -0.39 is 0 Å². The topological polar surface area (TPSA) is 20.3 Å². The summed E-state index contributed by atoms with van der Waals surface area (Å²) in [6.45, 7) is 12.2. The molecule has 1 amide bonds. The minimum Gasteiger partial charge on any atom is -0.339 e. The average molecular weight is 225 g/mol. The molecule has 0 bridgehead atoms. The third-order valence-electron chi connectivity index (χ3n) is 2.72. The summed E-state index contributed by atoms with van der Waals surface area (Å²) in [7, 11) is 0. The van der Waals surface area contributed by atoms with Crippen LogP contribution in [0.15, 0.2) is 11.6 Å². The van der Waals surface area contributed by atoms with Crippen LogP contribution in [0.2, 0.25) is 0 Å². The summed E-state index contributed by atoms with van der Waals surface area (Å²) in [5.74, 6) is 0.948. The van der Waals surface area contributed by atoms with E-state index in [-0.39, 0.29) is 0 Å². The van der Waals surface area contributed by atoms with Crippen molar-refractivity contribution in [2.75, 3.05) is 13.1 Å². The van der Waals surface area contributed by atoms with Gasteiger partial charge in [-0.1, -0.05) is 39.3 Å². The van der Waals surface area contributed by atoms with E-state index >= 15 is 0 Å². The van der Waals surface area contributed by atoms with Crippen LogP contribution in [0, 0.1) is 5.92 Å². The van der Waals surface area contributed by atoms with Gasteiger partial charge in [-0.05, 0) is 25.7 Å². The lowest BCUT2D eigenvalue weighted by molar-refractivity contribution is -0.131. The van der Waals surface area contributed by atoms with E-state index in [0.29, 0.717) is 18.2 Å². The summed E-state index contributed by atoms with van der Waals surface area (Å²) in [5, 5.41) is 0. The lowest BCUT2D eigenvalue weighted by atomic mass is 10.1. The van der Waals surface area contributed by atoms with E-state index in [1.54, 1.807) is 0 Å². The van der Waals surface area contributed by atoms with Gasteiger partial charge in [0.2, 0.25) is 5.91 Å². The zero-order valence-corrected chi connectivity index (χ0v) is 11.5. The van der Waals surface area contributed by atoms with Gasteiger partial charge in [0.05, 0.1) is 0 Å². The van der Waals surface area contributed by atoms with Crippen LogP contribution in [0.4, 0.5) is 0 Å². The van der Waals surface area contributed by atoms with Crippen molar-refractivity contribution in [3.8, 4) is 0 Å². The molecule has 1 aliphatic heterocycles. The molecular weight excluding hydrogens is 198 g/mol. The van der Waals surface area contributed by atoms with Crippen LogP contribution in [0.5, 0.6) is 0 Å². The van der Waals surface area contributed by atoms with E-state index in [2.05, 4.69) is 26.8 Å². The van der Waals surface area contributed by atoms with Gasteiger partial charge >= 0.3 is 0 Å². The predicted octanol–water partition coefficient (Wildman–Crippen LogP) is 3.63. The third-order valence-corrected chi connectivity index (χ3v) is 2.72. The minimum absolute atomic E-state index is 0.322. The monoisotopic (exact) mass is 225 g/mol. The lowest BCUT2D eigenvalue weighted by Gasteiger charge is -2.25. The molecule has 0 N–H and O–H groups in total. The second kappa shape index (κ2) is 8.37. The highest BCUT2D eigenvalue weighted by Gasteiger charge is 2.15. The number of carbonyl (C=O) groups is 1.